The Bertz CT molecular complexity index is 998. The Morgan fingerprint density at radius 1 is 1.06 bits per heavy atom. The number of rotatable bonds is 9. The zero-order valence-corrected chi connectivity index (χ0v) is 20.0. The highest BCUT2D eigenvalue weighted by Gasteiger charge is 2.21. The lowest BCUT2D eigenvalue weighted by atomic mass is 9.95. The number of anilines is 1. The van der Waals surface area contributed by atoms with Crippen molar-refractivity contribution in [2.45, 2.75) is 58.4 Å². The van der Waals surface area contributed by atoms with Crippen LogP contribution in [0.25, 0.3) is 0 Å². The van der Waals surface area contributed by atoms with Crippen molar-refractivity contribution in [1.29, 1.82) is 0 Å². The number of esters is 1. The Kier molecular flexibility index (Phi) is 9.04. The molecule has 0 aliphatic carbocycles. The van der Waals surface area contributed by atoms with Gasteiger partial charge in [0.1, 0.15) is 0 Å². The van der Waals surface area contributed by atoms with E-state index in [-0.39, 0.29) is 41.5 Å². The molecule has 1 heterocycles. The summed E-state index contributed by atoms with van der Waals surface area (Å²) in [5, 5.41) is 2.75. The molecule has 0 spiro atoms. The molecule has 1 aromatic carbocycles. The molecule has 2 rings (SSSR count). The number of nitrogens with zero attached hydrogens (tertiary/aromatic N) is 2. The molecule has 10 heteroatoms. The standard InChI is InChI=1S/C23H27F2N3O4S/c1-13-17(14(2)27-22(26-13)33-21(24)25)10-11-19(30)32-12-18(29)15-6-8-16(9-7-15)28-20(31)23(3,4)5/h6-9,21H,10-12H2,1-5H3,(H,28,31). The second-order valence-corrected chi connectivity index (χ2v) is 9.36. The fraction of sp³-hybridized carbons (Fsp3) is 0.435. The number of thioether (sulfide) groups is 1. The number of Topliss-reactive ketones (excluding diaryl/α,β-unsaturated/α-hetero) is 1. The first kappa shape index (κ1) is 26.4. The molecule has 1 amide bonds. The number of benzene rings is 1. The highest BCUT2D eigenvalue weighted by atomic mass is 32.2. The van der Waals surface area contributed by atoms with E-state index in [1.165, 1.54) is 0 Å². The maximum atomic E-state index is 12.5. The minimum atomic E-state index is -2.61. The Balaban J connectivity index is 1.86. The quantitative estimate of drug-likeness (QED) is 0.240. The van der Waals surface area contributed by atoms with Gasteiger partial charge in [-0.25, -0.2) is 9.97 Å². The summed E-state index contributed by atoms with van der Waals surface area (Å²) >= 11 is 0.268. The zero-order valence-electron chi connectivity index (χ0n) is 19.2. The predicted molar refractivity (Wildman–Crippen MR) is 122 cm³/mol. The molecular formula is C23H27F2N3O4S. The van der Waals surface area contributed by atoms with Crippen molar-refractivity contribution >= 4 is 35.1 Å². The lowest BCUT2D eigenvalue weighted by Crippen LogP contribution is -2.27. The molecule has 178 valence electrons. The van der Waals surface area contributed by atoms with Crippen molar-refractivity contribution in [1.82, 2.24) is 9.97 Å². The Morgan fingerprint density at radius 2 is 1.64 bits per heavy atom. The van der Waals surface area contributed by atoms with Crippen LogP contribution in [0.4, 0.5) is 14.5 Å². The Labute approximate surface area is 195 Å². The second kappa shape index (κ2) is 11.3. The number of alkyl halides is 2. The number of hydrogen-bond acceptors (Lipinski definition) is 7. The Morgan fingerprint density at radius 3 is 2.15 bits per heavy atom. The summed E-state index contributed by atoms with van der Waals surface area (Å²) in [6.45, 7) is 8.32. The number of carbonyl (C=O) groups is 3. The number of ether oxygens (including phenoxy) is 1. The first-order chi connectivity index (χ1) is 15.4. The largest absolute Gasteiger partial charge is 0.457 e. The van der Waals surface area contributed by atoms with E-state index in [0.717, 1.165) is 0 Å². The molecule has 0 atom stereocenters. The molecule has 1 N–H and O–H groups in total. The molecule has 7 nitrogen and oxygen atoms in total. The van der Waals surface area contributed by atoms with E-state index >= 15 is 0 Å². The summed E-state index contributed by atoms with van der Waals surface area (Å²) in [4.78, 5) is 44.5. The van der Waals surface area contributed by atoms with Crippen LogP contribution in [-0.4, -0.2) is 40.0 Å². The van der Waals surface area contributed by atoms with E-state index in [4.69, 9.17) is 4.74 Å². The van der Waals surface area contributed by atoms with Crippen molar-refractivity contribution in [3.05, 3.63) is 46.8 Å². The molecule has 0 bridgehead atoms. The smallest absolute Gasteiger partial charge is 0.306 e. The van der Waals surface area contributed by atoms with Crippen LogP contribution in [0.5, 0.6) is 0 Å². The molecule has 0 saturated carbocycles. The third-order valence-corrected chi connectivity index (χ3v) is 5.26. The van der Waals surface area contributed by atoms with Crippen LogP contribution in [0.2, 0.25) is 0 Å². The summed E-state index contributed by atoms with van der Waals surface area (Å²) in [5.74, 6) is -3.70. The molecule has 1 aromatic heterocycles. The molecule has 0 unspecified atom stereocenters. The van der Waals surface area contributed by atoms with Gasteiger partial charge in [-0.2, -0.15) is 8.78 Å². The topological polar surface area (TPSA) is 98.2 Å². The maximum absolute atomic E-state index is 12.5. The van der Waals surface area contributed by atoms with Crippen molar-refractivity contribution in [2.24, 2.45) is 5.41 Å². The first-order valence-corrected chi connectivity index (χ1v) is 11.1. The van der Waals surface area contributed by atoms with Crippen LogP contribution < -0.4 is 5.32 Å². The van der Waals surface area contributed by atoms with E-state index in [2.05, 4.69) is 15.3 Å². The number of amides is 1. The lowest BCUT2D eigenvalue weighted by molar-refractivity contribution is -0.142. The minimum absolute atomic E-state index is 0.00255. The molecule has 0 aliphatic heterocycles. The first-order valence-electron chi connectivity index (χ1n) is 10.3. The average molecular weight is 480 g/mol. The van der Waals surface area contributed by atoms with Gasteiger partial charge in [-0.15, -0.1) is 0 Å². The number of halogens is 2. The summed E-state index contributed by atoms with van der Waals surface area (Å²) < 4.78 is 30.1. The van der Waals surface area contributed by atoms with Gasteiger partial charge in [0.15, 0.2) is 17.5 Å². The lowest BCUT2D eigenvalue weighted by Gasteiger charge is -2.17. The van der Waals surface area contributed by atoms with Crippen molar-refractivity contribution in [3.8, 4) is 0 Å². The number of aromatic nitrogens is 2. The third-order valence-electron chi connectivity index (χ3n) is 4.68. The van der Waals surface area contributed by atoms with Crippen LogP contribution >= 0.6 is 11.8 Å². The fourth-order valence-electron chi connectivity index (χ4n) is 2.79. The highest BCUT2D eigenvalue weighted by Crippen LogP contribution is 2.24. The van der Waals surface area contributed by atoms with Crippen LogP contribution in [0.1, 0.15) is 54.5 Å². The van der Waals surface area contributed by atoms with Crippen LogP contribution in [0.3, 0.4) is 0 Å². The molecule has 0 fully saturated rings. The van der Waals surface area contributed by atoms with E-state index in [0.29, 0.717) is 28.2 Å². The van der Waals surface area contributed by atoms with Gasteiger partial charge in [-0.3, -0.25) is 14.4 Å². The van der Waals surface area contributed by atoms with E-state index in [1.807, 2.05) is 0 Å². The Hall–Kier alpha value is -2.88. The predicted octanol–water partition coefficient (Wildman–Crippen LogP) is 4.75. The molecular weight excluding hydrogens is 452 g/mol. The van der Waals surface area contributed by atoms with Gasteiger partial charge >= 0.3 is 5.97 Å². The monoisotopic (exact) mass is 479 g/mol. The van der Waals surface area contributed by atoms with Gasteiger partial charge in [0.25, 0.3) is 5.76 Å². The summed E-state index contributed by atoms with van der Waals surface area (Å²) in [6.07, 6.45) is 0.268. The molecule has 0 aliphatic rings. The summed E-state index contributed by atoms with van der Waals surface area (Å²) in [5.41, 5.74) is 2.10. The van der Waals surface area contributed by atoms with E-state index in [1.54, 1.807) is 58.9 Å². The normalized spacial score (nSPS) is 11.4. The molecule has 0 saturated heterocycles. The van der Waals surface area contributed by atoms with Gasteiger partial charge in [-0.1, -0.05) is 20.8 Å². The third kappa shape index (κ3) is 8.20. The minimum Gasteiger partial charge on any atom is -0.457 e. The SMILES string of the molecule is Cc1nc(SC(F)F)nc(C)c1CCC(=O)OCC(=O)c1ccc(NC(=O)C(C)(C)C)cc1. The average Bonchev–Trinajstić information content (AvgIpc) is 2.70. The van der Waals surface area contributed by atoms with Gasteiger partial charge in [-0.05, 0) is 61.9 Å². The van der Waals surface area contributed by atoms with Crippen LogP contribution in [0.15, 0.2) is 29.4 Å². The van der Waals surface area contributed by atoms with Crippen LogP contribution in [-0.2, 0) is 20.7 Å². The van der Waals surface area contributed by atoms with Crippen molar-refractivity contribution in [3.63, 3.8) is 0 Å². The number of carbonyl (C=O) groups excluding carboxylic acids is 3. The van der Waals surface area contributed by atoms with E-state index in [9.17, 15) is 23.2 Å². The molecule has 0 radical (unpaired) electrons. The molecule has 2 aromatic rings. The zero-order chi connectivity index (χ0) is 24.8. The van der Waals surface area contributed by atoms with Crippen molar-refractivity contribution < 1.29 is 27.9 Å². The summed E-state index contributed by atoms with van der Waals surface area (Å²) in [7, 11) is 0. The van der Waals surface area contributed by atoms with Crippen LogP contribution in [0, 0.1) is 19.3 Å². The van der Waals surface area contributed by atoms with E-state index < -0.39 is 23.7 Å². The molecule has 33 heavy (non-hydrogen) atoms. The van der Waals surface area contributed by atoms with Gasteiger partial charge in [0, 0.05) is 34.5 Å². The maximum Gasteiger partial charge on any atom is 0.306 e. The van der Waals surface area contributed by atoms with Gasteiger partial charge < -0.3 is 10.1 Å². The fourth-order valence-corrected chi connectivity index (χ4v) is 3.33. The number of ketones is 1. The number of aryl methyl sites for hydroxylation is 2. The van der Waals surface area contributed by atoms with Gasteiger partial charge in [0.05, 0.1) is 0 Å². The number of nitrogens with one attached hydrogen (secondary N) is 1. The number of hydrogen-bond donors (Lipinski definition) is 1. The highest BCUT2D eigenvalue weighted by molar-refractivity contribution is 7.99. The van der Waals surface area contributed by atoms with Gasteiger partial charge in [0.2, 0.25) is 5.91 Å². The second-order valence-electron chi connectivity index (χ2n) is 8.40. The van der Waals surface area contributed by atoms with Crippen molar-refractivity contribution in [2.75, 3.05) is 11.9 Å². The summed E-state index contributed by atoms with van der Waals surface area (Å²) in [6, 6.07) is 6.33.